The zero-order valence-corrected chi connectivity index (χ0v) is 11.7. The Balaban J connectivity index is 1.53. The van der Waals surface area contributed by atoms with Crippen LogP contribution >= 0.6 is 11.6 Å². The van der Waals surface area contributed by atoms with Gasteiger partial charge in [-0.2, -0.15) is 20.1 Å². The van der Waals surface area contributed by atoms with Gasteiger partial charge < -0.3 is 5.32 Å². The lowest BCUT2D eigenvalue weighted by Crippen LogP contribution is -2.19. The molecule has 104 valence electrons. The summed E-state index contributed by atoms with van der Waals surface area (Å²) in [6.07, 6.45) is 8.83. The van der Waals surface area contributed by atoms with Crippen LogP contribution in [0.2, 0.25) is 5.28 Å². The van der Waals surface area contributed by atoms with Crippen molar-refractivity contribution in [2.75, 3.05) is 11.9 Å². The average Bonchev–Trinajstić information content (AvgIpc) is 3.34. The lowest BCUT2D eigenvalue weighted by molar-refractivity contribution is 0.465. The quantitative estimate of drug-likeness (QED) is 0.915. The van der Waals surface area contributed by atoms with Crippen LogP contribution in [0.25, 0.3) is 5.95 Å². The van der Waals surface area contributed by atoms with Gasteiger partial charge >= 0.3 is 0 Å². The van der Waals surface area contributed by atoms with Crippen LogP contribution in [0.3, 0.4) is 0 Å². The van der Waals surface area contributed by atoms with Gasteiger partial charge in [-0.05, 0) is 54.7 Å². The molecule has 0 bridgehead atoms. The third kappa shape index (κ3) is 2.24. The minimum absolute atomic E-state index is 0.185. The number of aromatic nitrogens is 5. The van der Waals surface area contributed by atoms with Crippen molar-refractivity contribution in [3.05, 3.63) is 23.7 Å². The molecule has 2 aromatic rings. The van der Waals surface area contributed by atoms with E-state index >= 15 is 0 Å². The number of anilines is 1. The summed E-state index contributed by atoms with van der Waals surface area (Å²) in [5, 5.41) is 7.61. The van der Waals surface area contributed by atoms with Crippen molar-refractivity contribution >= 4 is 17.5 Å². The maximum Gasteiger partial charge on any atom is 0.256 e. The van der Waals surface area contributed by atoms with Crippen LogP contribution in [0.5, 0.6) is 0 Å². The van der Waals surface area contributed by atoms with Gasteiger partial charge in [0.1, 0.15) is 0 Å². The molecule has 2 aliphatic rings. The van der Waals surface area contributed by atoms with Crippen LogP contribution in [0.4, 0.5) is 5.95 Å². The minimum Gasteiger partial charge on any atom is -0.353 e. The fourth-order valence-electron chi connectivity index (χ4n) is 2.75. The topological polar surface area (TPSA) is 68.5 Å². The Labute approximate surface area is 121 Å². The molecule has 0 unspecified atom stereocenters. The van der Waals surface area contributed by atoms with Gasteiger partial charge in [-0.15, -0.1) is 0 Å². The Hall–Kier alpha value is -1.69. The molecule has 0 aromatic carbocycles. The molecule has 0 atom stereocenters. The van der Waals surface area contributed by atoms with Crippen molar-refractivity contribution in [2.45, 2.75) is 25.7 Å². The summed E-state index contributed by atoms with van der Waals surface area (Å²) in [5.74, 6) is 1.87. The number of hydrogen-bond donors (Lipinski definition) is 1. The molecule has 1 N–H and O–H groups in total. The highest BCUT2D eigenvalue weighted by Crippen LogP contribution is 2.61. The van der Waals surface area contributed by atoms with Crippen molar-refractivity contribution in [3.63, 3.8) is 0 Å². The summed E-state index contributed by atoms with van der Waals surface area (Å²) in [4.78, 5) is 12.6. The molecule has 0 radical (unpaired) electrons. The fraction of sp³-hybridized carbons (Fsp3) is 0.538. The second-order valence-corrected chi connectivity index (χ2v) is 6.01. The van der Waals surface area contributed by atoms with Gasteiger partial charge in [0.2, 0.25) is 11.2 Å². The van der Waals surface area contributed by atoms with E-state index in [1.165, 1.54) is 25.7 Å². The monoisotopic (exact) mass is 290 g/mol. The highest BCUT2D eigenvalue weighted by atomic mass is 35.5. The smallest absolute Gasteiger partial charge is 0.256 e. The number of nitrogens with zero attached hydrogens (tertiary/aromatic N) is 5. The maximum atomic E-state index is 5.96. The van der Waals surface area contributed by atoms with E-state index in [1.54, 1.807) is 17.1 Å². The second-order valence-electron chi connectivity index (χ2n) is 5.67. The van der Waals surface area contributed by atoms with E-state index in [0.29, 0.717) is 17.3 Å². The van der Waals surface area contributed by atoms with Crippen LogP contribution in [0, 0.1) is 11.3 Å². The van der Waals surface area contributed by atoms with Crippen molar-refractivity contribution in [1.82, 2.24) is 24.7 Å². The minimum atomic E-state index is 0.185. The molecule has 2 heterocycles. The van der Waals surface area contributed by atoms with Crippen LogP contribution in [-0.2, 0) is 0 Å². The molecule has 20 heavy (non-hydrogen) atoms. The Kier molecular flexibility index (Phi) is 2.66. The first-order valence-electron chi connectivity index (χ1n) is 6.91. The van der Waals surface area contributed by atoms with E-state index < -0.39 is 0 Å². The third-order valence-corrected chi connectivity index (χ3v) is 4.41. The highest BCUT2D eigenvalue weighted by molar-refractivity contribution is 6.28. The Morgan fingerprint density at radius 3 is 2.80 bits per heavy atom. The molecule has 0 saturated heterocycles. The van der Waals surface area contributed by atoms with E-state index in [2.05, 4.69) is 25.4 Å². The molecule has 6 nitrogen and oxygen atoms in total. The van der Waals surface area contributed by atoms with Gasteiger partial charge in [0, 0.05) is 18.9 Å². The summed E-state index contributed by atoms with van der Waals surface area (Å²) in [6.45, 7) is 0.927. The largest absolute Gasteiger partial charge is 0.353 e. The van der Waals surface area contributed by atoms with Gasteiger partial charge in [-0.25, -0.2) is 4.68 Å². The molecular formula is C13H15ClN6. The normalized spacial score (nSPS) is 19.9. The molecule has 0 aliphatic heterocycles. The van der Waals surface area contributed by atoms with E-state index in [9.17, 15) is 0 Å². The SMILES string of the molecule is Clc1nc(NCC2(C3CC3)CC2)nc(-n2cccn2)n1. The summed E-state index contributed by atoms with van der Waals surface area (Å²) in [7, 11) is 0. The molecule has 2 fully saturated rings. The van der Waals surface area contributed by atoms with Crippen LogP contribution in [0.1, 0.15) is 25.7 Å². The molecule has 0 spiro atoms. The second kappa shape index (κ2) is 4.41. The number of nitrogens with one attached hydrogen (secondary N) is 1. The summed E-state index contributed by atoms with van der Waals surface area (Å²) >= 11 is 5.96. The predicted octanol–water partition coefficient (Wildman–Crippen LogP) is 2.31. The number of hydrogen-bond acceptors (Lipinski definition) is 5. The van der Waals surface area contributed by atoms with Crippen molar-refractivity contribution in [3.8, 4) is 5.95 Å². The van der Waals surface area contributed by atoms with Gasteiger partial charge in [0.15, 0.2) is 0 Å². The van der Waals surface area contributed by atoms with Crippen LogP contribution in [-0.4, -0.2) is 31.3 Å². The van der Waals surface area contributed by atoms with Crippen molar-refractivity contribution in [2.24, 2.45) is 11.3 Å². The molecule has 4 rings (SSSR count). The zero-order valence-electron chi connectivity index (χ0n) is 11.0. The van der Waals surface area contributed by atoms with Gasteiger partial charge in [0.05, 0.1) is 0 Å². The van der Waals surface area contributed by atoms with E-state index in [-0.39, 0.29) is 5.28 Å². The van der Waals surface area contributed by atoms with Gasteiger partial charge in [-0.1, -0.05) is 0 Å². The van der Waals surface area contributed by atoms with Crippen LogP contribution < -0.4 is 5.32 Å². The van der Waals surface area contributed by atoms with Gasteiger partial charge in [0.25, 0.3) is 5.95 Å². The lowest BCUT2D eigenvalue weighted by atomic mass is 10.0. The number of halogens is 1. The summed E-state index contributed by atoms with van der Waals surface area (Å²) in [6, 6.07) is 1.82. The Morgan fingerprint density at radius 1 is 1.30 bits per heavy atom. The average molecular weight is 291 g/mol. The third-order valence-electron chi connectivity index (χ3n) is 4.24. The lowest BCUT2D eigenvalue weighted by Gasteiger charge is -2.15. The predicted molar refractivity (Wildman–Crippen MR) is 74.8 cm³/mol. The summed E-state index contributed by atoms with van der Waals surface area (Å²) in [5.41, 5.74) is 0.491. The Morgan fingerprint density at radius 2 is 2.15 bits per heavy atom. The fourth-order valence-corrected chi connectivity index (χ4v) is 2.90. The molecule has 2 aliphatic carbocycles. The number of rotatable bonds is 5. The highest BCUT2D eigenvalue weighted by Gasteiger charge is 2.53. The molecule has 0 amide bonds. The Bertz CT molecular complexity index is 618. The zero-order chi connectivity index (χ0) is 13.6. The van der Waals surface area contributed by atoms with Crippen LogP contribution in [0.15, 0.2) is 18.5 Å². The summed E-state index contributed by atoms with van der Waals surface area (Å²) < 4.78 is 1.58. The van der Waals surface area contributed by atoms with Gasteiger partial charge in [-0.3, -0.25) is 0 Å². The van der Waals surface area contributed by atoms with E-state index in [1.807, 2.05) is 6.07 Å². The molecule has 2 aromatic heterocycles. The van der Waals surface area contributed by atoms with E-state index in [4.69, 9.17) is 11.6 Å². The maximum absolute atomic E-state index is 5.96. The first-order valence-corrected chi connectivity index (χ1v) is 7.28. The van der Waals surface area contributed by atoms with Crippen molar-refractivity contribution < 1.29 is 0 Å². The molecular weight excluding hydrogens is 276 g/mol. The molecule has 2 saturated carbocycles. The van der Waals surface area contributed by atoms with Crippen molar-refractivity contribution in [1.29, 1.82) is 0 Å². The first-order chi connectivity index (χ1) is 9.75. The molecule has 7 heteroatoms. The standard InChI is InChI=1S/C13H15ClN6/c14-10-17-11(15-8-13(4-5-13)9-2-3-9)19-12(18-10)20-7-1-6-16-20/h1,6-7,9H,2-5,8H2,(H,15,17,18,19). The van der Waals surface area contributed by atoms with E-state index in [0.717, 1.165) is 12.5 Å². The first kappa shape index (κ1) is 12.1.